The lowest BCUT2D eigenvalue weighted by molar-refractivity contribution is 0.743. The van der Waals surface area contributed by atoms with E-state index < -0.39 is 0 Å². The maximum Gasteiger partial charge on any atom is -0.00201 e. The summed E-state index contributed by atoms with van der Waals surface area (Å²) in [6, 6.07) is 10.6. The van der Waals surface area contributed by atoms with Crippen LogP contribution in [0.25, 0.3) is 0 Å². The van der Waals surface area contributed by atoms with Gasteiger partial charge in [-0.05, 0) is 128 Å². The first-order valence-electron chi connectivity index (χ1n) is 16.4. The van der Waals surface area contributed by atoms with E-state index in [1.807, 2.05) is 0 Å². The van der Waals surface area contributed by atoms with Crippen molar-refractivity contribution in [3.05, 3.63) is 68.8 Å². The molecule has 0 atom stereocenters. The number of hydrogen-bond acceptors (Lipinski definition) is 0. The molecule has 0 fully saturated rings. The van der Waals surface area contributed by atoms with Crippen molar-refractivity contribution in [3.63, 3.8) is 0 Å². The first-order valence-corrected chi connectivity index (χ1v) is 16.4. The Balaban J connectivity index is 2.57. The van der Waals surface area contributed by atoms with E-state index >= 15 is 0 Å². The van der Waals surface area contributed by atoms with Crippen molar-refractivity contribution in [3.8, 4) is 0 Å². The van der Waals surface area contributed by atoms with Crippen LogP contribution < -0.4 is 0 Å². The molecule has 0 bridgehead atoms. The zero-order valence-electron chi connectivity index (χ0n) is 25.7. The molecule has 0 aliphatic carbocycles. The first kappa shape index (κ1) is 31.7. The minimum Gasteiger partial charge on any atom is -0.0654 e. The molecule has 208 valence electrons. The molecule has 0 spiro atoms. The van der Waals surface area contributed by atoms with Crippen LogP contribution in [-0.4, -0.2) is 0 Å². The van der Waals surface area contributed by atoms with Gasteiger partial charge in [0.1, 0.15) is 0 Å². The molecule has 0 heterocycles. The van der Waals surface area contributed by atoms with E-state index in [0.717, 1.165) is 6.42 Å². The summed E-state index contributed by atoms with van der Waals surface area (Å²) < 4.78 is 0. The fourth-order valence-corrected chi connectivity index (χ4v) is 5.72. The predicted octanol–water partition coefficient (Wildman–Crippen LogP) is 11.3. The smallest absolute Gasteiger partial charge is 0.00201 e. The molecule has 0 N–H and O–H groups in total. The fraction of sp³-hybridized carbons (Fsp3) is 0.676. The van der Waals surface area contributed by atoms with Gasteiger partial charge in [-0.3, -0.25) is 0 Å². The molecule has 37 heavy (non-hydrogen) atoms. The van der Waals surface area contributed by atoms with E-state index in [0.29, 0.717) is 0 Å². The molecular weight excluding hydrogens is 444 g/mol. The largest absolute Gasteiger partial charge is 0.0654 e. The number of benzene rings is 2. The minimum atomic E-state index is 1.12. The average Bonchev–Trinajstić information content (AvgIpc) is 2.91. The molecule has 2 aromatic rings. The summed E-state index contributed by atoms with van der Waals surface area (Å²) in [7, 11) is 0. The number of hydrogen-bond donors (Lipinski definition) is 0. The molecule has 2 rings (SSSR count). The third-order valence-electron chi connectivity index (χ3n) is 8.22. The molecule has 0 unspecified atom stereocenters. The van der Waals surface area contributed by atoms with Gasteiger partial charge in [0.15, 0.2) is 0 Å². The second-order valence-electron chi connectivity index (χ2n) is 11.6. The van der Waals surface area contributed by atoms with Crippen LogP contribution in [0, 0.1) is 0 Å². The molecule has 0 aliphatic heterocycles. The van der Waals surface area contributed by atoms with Crippen LogP contribution in [0.1, 0.15) is 163 Å². The predicted molar refractivity (Wildman–Crippen MR) is 167 cm³/mol. The van der Waals surface area contributed by atoms with Crippen LogP contribution in [0.4, 0.5) is 0 Å². The van der Waals surface area contributed by atoms with Crippen LogP contribution >= 0.6 is 0 Å². The molecule has 0 nitrogen and oxygen atoms in total. The van der Waals surface area contributed by atoms with Crippen molar-refractivity contribution >= 4 is 0 Å². The SMILES string of the molecule is CCCCc1cc(CCCC)c(Cc2cc(CCCC)c(CCCC)cc2CCCC)cc1CCCC. The monoisotopic (exact) mass is 504 g/mol. The van der Waals surface area contributed by atoms with Crippen molar-refractivity contribution in [2.24, 2.45) is 0 Å². The van der Waals surface area contributed by atoms with Crippen LogP contribution in [0.2, 0.25) is 0 Å². The molecular formula is C37H60. The van der Waals surface area contributed by atoms with Gasteiger partial charge in [-0.15, -0.1) is 0 Å². The highest BCUT2D eigenvalue weighted by molar-refractivity contribution is 5.46. The van der Waals surface area contributed by atoms with Gasteiger partial charge in [-0.25, -0.2) is 0 Å². The zero-order valence-corrected chi connectivity index (χ0v) is 25.7. The number of aryl methyl sites for hydroxylation is 6. The van der Waals surface area contributed by atoms with Crippen molar-refractivity contribution in [2.75, 3.05) is 0 Å². The molecule has 0 saturated carbocycles. The standard InChI is InChI=1S/C37H60/c1-7-13-19-30-25-34(23-17-11-5)36(27-32(30)21-15-9-3)29-37-28-33(22-16-10-4)31(20-14-8-2)26-35(37)24-18-12-6/h25-28H,7-24,29H2,1-6H3. The van der Waals surface area contributed by atoms with Gasteiger partial charge in [-0.1, -0.05) is 104 Å². The van der Waals surface area contributed by atoms with Crippen LogP contribution in [0.5, 0.6) is 0 Å². The topological polar surface area (TPSA) is 0 Å². The van der Waals surface area contributed by atoms with Gasteiger partial charge in [0.2, 0.25) is 0 Å². The Hall–Kier alpha value is -1.56. The van der Waals surface area contributed by atoms with Gasteiger partial charge in [0, 0.05) is 0 Å². The van der Waals surface area contributed by atoms with E-state index in [-0.39, 0.29) is 0 Å². The van der Waals surface area contributed by atoms with Crippen molar-refractivity contribution in [2.45, 2.75) is 164 Å². The van der Waals surface area contributed by atoms with E-state index in [9.17, 15) is 0 Å². The van der Waals surface area contributed by atoms with Gasteiger partial charge in [-0.2, -0.15) is 0 Å². The number of rotatable bonds is 20. The Labute approximate surface area is 232 Å². The first-order chi connectivity index (χ1) is 18.1. The maximum atomic E-state index is 2.66. The lowest BCUT2D eigenvalue weighted by Gasteiger charge is -2.20. The molecule has 0 saturated heterocycles. The summed E-state index contributed by atoms with van der Waals surface area (Å²) in [5.41, 5.74) is 13.1. The van der Waals surface area contributed by atoms with Crippen molar-refractivity contribution in [1.29, 1.82) is 0 Å². The van der Waals surface area contributed by atoms with Gasteiger partial charge >= 0.3 is 0 Å². The summed E-state index contributed by atoms with van der Waals surface area (Å²) in [4.78, 5) is 0. The van der Waals surface area contributed by atoms with Crippen molar-refractivity contribution < 1.29 is 0 Å². The lowest BCUT2D eigenvalue weighted by Crippen LogP contribution is -2.07. The quantitative estimate of drug-likeness (QED) is 0.168. The lowest BCUT2D eigenvalue weighted by atomic mass is 9.85. The Morgan fingerprint density at radius 2 is 0.486 bits per heavy atom. The van der Waals surface area contributed by atoms with Crippen LogP contribution in [-0.2, 0) is 44.9 Å². The summed E-state index contributed by atoms with van der Waals surface area (Å²) >= 11 is 0. The highest BCUT2D eigenvalue weighted by Crippen LogP contribution is 2.29. The van der Waals surface area contributed by atoms with E-state index in [2.05, 4.69) is 65.8 Å². The second-order valence-corrected chi connectivity index (χ2v) is 11.6. The Morgan fingerprint density at radius 3 is 0.703 bits per heavy atom. The number of unbranched alkanes of at least 4 members (excludes halogenated alkanes) is 6. The van der Waals surface area contributed by atoms with Crippen LogP contribution in [0.15, 0.2) is 24.3 Å². The highest BCUT2D eigenvalue weighted by Gasteiger charge is 2.15. The Bertz CT molecular complexity index is 814. The molecule has 2 aromatic carbocycles. The van der Waals surface area contributed by atoms with E-state index in [1.165, 1.54) is 116 Å². The minimum absolute atomic E-state index is 1.12. The van der Waals surface area contributed by atoms with E-state index in [4.69, 9.17) is 0 Å². The third-order valence-corrected chi connectivity index (χ3v) is 8.22. The van der Waals surface area contributed by atoms with E-state index in [1.54, 1.807) is 44.5 Å². The third kappa shape index (κ3) is 10.6. The molecule has 0 amide bonds. The van der Waals surface area contributed by atoms with Crippen LogP contribution in [0.3, 0.4) is 0 Å². The summed E-state index contributed by atoms with van der Waals surface area (Å²) in [6.07, 6.45) is 24.1. The maximum absolute atomic E-state index is 2.66. The molecule has 0 radical (unpaired) electrons. The fourth-order valence-electron chi connectivity index (χ4n) is 5.72. The van der Waals surface area contributed by atoms with Gasteiger partial charge < -0.3 is 0 Å². The highest BCUT2D eigenvalue weighted by atomic mass is 14.2. The molecule has 0 heteroatoms. The summed E-state index contributed by atoms with van der Waals surface area (Å²) in [6.45, 7) is 14.0. The summed E-state index contributed by atoms with van der Waals surface area (Å²) in [5, 5.41) is 0. The zero-order chi connectivity index (χ0) is 26.9. The van der Waals surface area contributed by atoms with Crippen molar-refractivity contribution in [1.82, 2.24) is 0 Å². The second kappa shape index (κ2) is 18.7. The Morgan fingerprint density at radius 1 is 0.297 bits per heavy atom. The van der Waals surface area contributed by atoms with Gasteiger partial charge in [0.25, 0.3) is 0 Å². The average molecular weight is 505 g/mol. The normalized spacial score (nSPS) is 11.4. The summed E-state index contributed by atoms with van der Waals surface area (Å²) in [5.74, 6) is 0. The van der Waals surface area contributed by atoms with Gasteiger partial charge in [0.05, 0.1) is 0 Å². The Kier molecular flexibility index (Phi) is 16.0. The molecule has 0 aromatic heterocycles. The molecule has 0 aliphatic rings.